The number of halogens is 1. The van der Waals surface area contributed by atoms with E-state index in [0.29, 0.717) is 17.5 Å². The van der Waals surface area contributed by atoms with Crippen molar-refractivity contribution in [1.82, 2.24) is 5.32 Å². The molecule has 1 saturated carbocycles. The van der Waals surface area contributed by atoms with Gasteiger partial charge in [-0.3, -0.25) is 4.79 Å². The largest absolute Gasteiger partial charge is 0.388 e. The summed E-state index contributed by atoms with van der Waals surface area (Å²) in [4.78, 5) is 11.8. The van der Waals surface area contributed by atoms with Gasteiger partial charge in [0.25, 0.3) is 0 Å². The van der Waals surface area contributed by atoms with Gasteiger partial charge in [0.1, 0.15) is 0 Å². The Bertz CT molecular complexity index is 512. The van der Waals surface area contributed by atoms with Crippen molar-refractivity contribution in [1.29, 1.82) is 0 Å². The average molecular weight is 308 g/mol. The molecule has 0 bridgehead atoms. The molecule has 1 aromatic carbocycles. The van der Waals surface area contributed by atoms with E-state index in [1.807, 2.05) is 12.1 Å². The zero-order valence-corrected chi connectivity index (χ0v) is 13.1. The van der Waals surface area contributed by atoms with Gasteiger partial charge in [0.2, 0.25) is 5.91 Å². The van der Waals surface area contributed by atoms with Crippen LogP contribution in [0.25, 0.3) is 6.08 Å². The first-order chi connectivity index (χ1) is 9.97. The molecule has 1 aliphatic rings. The zero-order chi connectivity index (χ0) is 15.3. The third kappa shape index (κ3) is 5.18. The molecule has 0 aromatic heterocycles. The van der Waals surface area contributed by atoms with Crippen LogP contribution in [0, 0.1) is 5.92 Å². The second-order valence-electron chi connectivity index (χ2n) is 6.03. The minimum atomic E-state index is -0.749. The highest BCUT2D eigenvalue weighted by Crippen LogP contribution is 2.31. The van der Waals surface area contributed by atoms with Gasteiger partial charge in [-0.25, -0.2) is 0 Å². The number of nitrogens with one attached hydrogen (secondary N) is 1. The van der Waals surface area contributed by atoms with E-state index in [1.54, 1.807) is 18.2 Å². The summed E-state index contributed by atoms with van der Waals surface area (Å²) in [6.45, 7) is 2.47. The lowest BCUT2D eigenvalue weighted by Gasteiger charge is -2.35. The Labute approximate surface area is 131 Å². The van der Waals surface area contributed by atoms with Gasteiger partial charge in [-0.05, 0) is 42.5 Å². The molecule has 2 rings (SSSR count). The zero-order valence-electron chi connectivity index (χ0n) is 12.3. The quantitative estimate of drug-likeness (QED) is 0.838. The highest BCUT2D eigenvalue weighted by molar-refractivity contribution is 6.30. The molecule has 4 heteroatoms. The van der Waals surface area contributed by atoms with Crippen LogP contribution in [0.2, 0.25) is 5.02 Å². The van der Waals surface area contributed by atoms with Gasteiger partial charge in [-0.1, -0.05) is 43.5 Å². The lowest BCUT2D eigenvalue weighted by molar-refractivity contribution is -0.118. The van der Waals surface area contributed by atoms with Gasteiger partial charge in [-0.2, -0.15) is 0 Å². The van der Waals surface area contributed by atoms with E-state index in [9.17, 15) is 9.90 Å². The van der Waals surface area contributed by atoms with Crippen molar-refractivity contribution in [2.75, 3.05) is 6.54 Å². The molecule has 1 amide bonds. The highest BCUT2D eigenvalue weighted by atomic mass is 35.5. The average Bonchev–Trinajstić information content (AvgIpc) is 2.44. The molecular formula is C17H22ClNO2. The van der Waals surface area contributed by atoms with E-state index >= 15 is 0 Å². The lowest BCUT2D eigenvalue weighted by Crippen LogP contribution is -2.45. The van der Waals surface area contributed by atoms with Crippen LogP contribution in [0.3, 0.4) is 0 Å². The summed E-state index contributed by atoms with van der Waals surface area (Å²) >= 11 is 5.81. The Hall–Kier alpha value is -1.32. The number of amides is 1. The number of aliphatic hydroxyl groups is 1. The molecule has 2 atom stereocenters. The van der Waals surface area contributed by atoms with Crippen LogP contribution in [0.15, 0.2) is 30.3 Å². The minimum Gasteiger partial charge on any atom is -0.388 e. The summed E-state index contributed by atoms with van der Waals surface area (Å²) in [7, 11) is 0. The minimum absolute atomic E-state index is 0.184. The number of carbonyl (C=O) groups excluding carboxylic acids is 1. The Morgan fingerprint density at radius 1 is 1.48 bits per heavy atom. The SMILES string of the molecule is CC1CCCC(O)(CNC(=O)C=Cc2ccc(Cl)cc2)C1. The van der Waals surface area contributed by atoms with Gasteiger partial charge < -0.3 is 10.4 Å². The number of carbonyl (C=O) groups is 1. The lowest BCUT2D eigenvalue weighted by atomic mass is 9.79. The summed E-state index contributed by atoms with van der Waals surface area (Å²) in [6, 6.07) is 7.27. The Morgan fingerprint density at radius 3 is 2.86 bits per heavy atom. The second kappa shape index (κ2) is 7.10. The number of benzene rings is 1. The van der Waals surface area contributed by atoms with Gasteiger partial charge in [0.15, 0.2) is 0 Å². The van der Waals surface area contributed by atoms with Crippen molar-refractivity contribution in [2.24, 2.45) is 5.92 Å². The standard InChI is InChI=1S/C17H22ClNO2/c1-13-3-2-10-17(21,11-13)12-19-16(20)9-6-14-4-7-15(18)8-5-14/h4-9,13,21H,2-3,10-12H2,1H3,(H,19,20). The van der Waals surface area contributed by atoms with Crippen LogP contribution >= 0.6 is 11.6 Å². The van der Waals surface area contributed by atoms with E-state index in [-0.39, 0.29) is 5.91 Å². The van der Waals surface area contributed by atoms with Crippen molar-refractivity contribution >= 4 is 23.6 Å². The topological polar surface area (TPSA) is 49.3 Å². The first kappa shape index (κ1) is 16.1. The van der Waals surface area contributed by atoms with Gasteiger partial charge >= 0.3 is 0 Å². The van der Waals surface area contributed by atoms with Gasteiger partial charge in [0, 0.05) is 17.6 Å². The molecule has 1 fully saturated rings. The fourth-order valence-electron chi connectivity index (χ4n) is 2.85. The van der Waals surface area contributed by atoms with Crippen molar-refractivity contribution in [3.8, 4) is 0 Å². The number of rotatable bonds is 4. The van der Waals surface area contributed by atoms with Gasteiger partial charge in [0.05, 0.1) is 5.60 Å². The molecule has 21 heavy (non-hydrogen) atoms. The van der Waals surface area contributed by atoms with Crippen molar-refractivity contribution in [3.63, 3.8) is 0 Å². The predicted molar refractivity (Wildman–Crippen MR) is 86.1 cm³/mol. The molecule has 3 nitrogen and oxygen atoms in total. The summed E-state index contributed by atoms with van der Waals surface area (Å²) in [5.41, 5.74) is 0.168. The van der Waals surface area contributed by atoms with E-state index in [0.717, 1.165) is 31.2 Å². The van der Waals surface area contributed by atoms with Gasteiger partial charge in [-0.15, -0.1) is 0 Å². The molecule has 0 heterocycles. The monoisotopic (exact) mass is 307 g/mol. The van der Waals surface area contributed by atoms with E-state index in [1.165, 1.54) is 6.08 Å². The van der Waals surface area contributed by atoms with Crippen molar-refractivity contribution in [2.45, 2.75) is 38.2 Å². The van der Waals surface area contributed by atoms with Crippen molar-refractivity contribution < 1.29 is 9.90 Å². The Kier molecular flexibility index (Phi) is 5.43. The molecular weight excluding hydrogens is 286 g/mol. The molecule has 0 radical (unpaired) electrons. The Balaban J connectivity index is 1.83. The first-order valence-corrected chi connectivity index (χ1v) is 7.78. The normalized spacial score (nSPS) is 26.0. The summed E-state index contributed by atoms with van der Waals surface area (Å²) in [6.07, 6.45) is 6.92. The Morgan fingerprint density at radius 2 is 2.19 bits per heavy atom. The van der Waals surface area contributed by atoms with Crippen LogP contribution in [0.5, 0.6) is 0 Å². The van der Waals surface area contributed by atoms with Crippen LogP contribution in [0.4, 0.5) is 0 Å². The summed E-state index contributed by atoms with van der Waals surface area (Å²) in [5.74, 6) is 0.335. The fraction of sp³-hybridized carbons (Fsp3) is 0.471. The van der Waals surface area contributed by atoms with E-state index in [4.69, 9.17) is 11.6 Å². The number of hydrogen-bond donors (Lipinski definition) is 2. The van der Waals surface area contributed by atoms with E-state index < -0.39 is 5.60 Å². The molecule has 114 valence electrons. The van der Waals surface area contributed by atoms with Crippen molar-refractivity contribution in [3.05, 3.63) is 40.9 Å². The van der Waals surface area contributed by atoms with Crippen LogP contribution in [-0.2, 0) is 4.79 Å². The van der Waals surface area contributed by atoms with Crippen LogP contribution in [0.1, 0.15) is 38.2 Å². The fourth-order valence-corrected chi connectivity index (χ4v) is 2.98. The molecule has 0 aliphatic heterocycles. The third-order valence-electron chi connectivity index (χ3n) is 3.96. The van der Waals surface area contributed by atoms with Crippen LogP contribution < -0.4 is 5.32 Å². The molecule has 1 aromatic rings. The maximum Gasteiger partial charge on any atom is 0.244 e. The molecule has 2 unspecified atom stereocenters. The first-order valence-electron chi connectivity index (χ1n) is 7.41. The maximum atomic E-state index is 11.8. The number of hydrogen-bond acceptors (Lipinski definition) is 2. The predicted octanol–water partition coefficient (Wildman–Crippen LogP) is 3.41. The maximum absolute atomic E-state index is 11.8. The van der Waals surface area contributed by atoms with Crippen LogP contribution in [-0.4, -0.2) is 23.2 Å². The molecule has 0 saturated heterocycles. The smallest absolute Gasteiger partial charge is 0.244 e. The van der Waals surface area contributed by atoms with E-state index in [2.05, 4.69) is 12.2 Å². The molecule has 2 N–H and O–H groups in total. The second-order valence-corrected chi connectivity index (χ2v) is 6.46. The summed E-state index contributed by atoms with van der Waals surface area (Å²) < 4.78 is 0. The molecule has 0 spiro atoms. The summed E-state index contributed by atoms with van der Waals surface area (Å²) in [5, 5.41) is 13.9. The molecule has 1 aliphatic carbocycles. The highest BCUT2D eigenvalue weighted by Gasteiger charge is 2.32. The third-order valence-corrected chi connectivity index (χ3v) is 4.21.